The molecular weight excluding hydrogens is 326 g/mol. The van der Waals surface area contributed by atoms with E-state index in [4.69, 9.17) is 34.2 Å². The Balaban J connectivity index is 3.25. The monoisotopic (exact) mass is 351 g/mol. The fourth-order valence-electron chi connectivity index (χ4n) is 2.05. The van der Waals surface area contributed by atoms with Crippen LogP contribution in [0.5, 0.6) is 5.75 Å². The fraction of sp³-hybridized carbons (Fsp3) is 0.438. The number of anilines is 1. The number of likely N-dealkylation sites (N-methyl/N-ethyl adjacent to an activating group) is 1. The molecule has 0 atom stereocenters. The van der Waals surface area contributed by atoms with E-state index in [9.17, 15) is 4.79 Å². The Hall–Kier alpha value is -2.35. The predicted octanol–water partition coefficient (Wildman–Crippen LogP) is 0.883. The summed E-state index contributed by atoms with van der Waals surface area (Å²) >= 11 is 4.75. The second-order valence-corrected chi connectivity index (χ2v) is 6.48. The number of nitrogen functional groups attached to an aromatic ring is 1. The van der Waals surface area contributed by atoms with Crippen LogP contribution in [0.1, 0.15) is 25.0 Å². The number of carbonyl (C=O) groups is 1. The number of hydrogen-bond acceptors (Lipinski definition) is 4. The van der Waals surface area contributed by atoms with Crippen molar-refractivity contribution in [1.29, 1.82) is 0 Å². The van der Waals surface area contributed by atoms with Gasteiger partial charge in [0.05, 0.1) is 5.69 Å². The Kier molecular flexibility index (Phi) is 6.97. The van der Waals surface area contributed by atoms with Crippen LogP contribution >= 0.6 is 12.2 Å². The van der Waals surface area contributed by atoms with Crippen LogP contribution in [0, 0.1) is 5.92 Å². The van der Waals surface area contributed by atoms with Gasteiger partial charge in [-0.05, 0) is 42.3 Å². The summed E-state index contributed by atoms with van der Waals surface area (Å²) in [6.07, 6.45) is 0.797. The fourth-order valence-corrected chi connectivity index (χ4v) is 2.15. The number of aliphatic imine (C=N–C) groups is 1. The standard InChI is InChI=1S/C16H25N5O2S/c1-9(2)5-10-6-11(15(18)20-16(19)24)14(17)12(7-10)23-8-13(22)21(3)4/h6-7,9H,5,8,17H2,1-4H3,(H4,18,19,20,24). The topological polar surface area (TPSA) is 120 Å². The lowest BCUT2D eigenvalue weighted by Gasteiger charge is -2.17. The molecule has 0 saturated carbocycles. The largest absolute Gasteiger partial charge is 0.482 e. The maximum Gasteiger partial charge on any atom is 0.259 e. The first-order valence-electron chi connectivity index (χ1n) is 7.51. The van der Waals surface area contributed by atoms with Crippen LogP contribution in [-0.2, 0) is 11.2 Å². The lowest BCUT2D eigenvalue weighted by atomic mass is 9.99. The van der Waals surface area contributed by atoms with E-state index in [2.05, 4.69) is 18.8 Å². The molecule has 132 valence electrons. The van der Waals surface area contributed by atoms with Gasteiger partial charge in [-0.2, -0.15) is 0 Å². The molecule has 0 aliphatic carbocycles. The number of nitrogens with two attached hydrogens (primary N) is 3. The molecule has 0 aliphatic rings. The van der Waals surface area contributed by atoms with Crippen molar-refractivity contribution in [1.82, 2.24) is 4.90 Å². The summed E-state index contributed by atoms with van der Waals surface area (Å²) in [6.45, 7) is 4.07. The van der Waals surface area contributed by atoms with Gasteiger partial charge in [0.1, 0.15) is 11.6 Å². The molecule has 8 heteroatoms. The third-order valence-electron chi connectivity index (χ3n) is 3.20. The smallest absolute Gasteiger partial charge is 0.259 e. The molecule has 0 unspecified atom stereocenters. The number of thiocarbonyl (C=S) groups is 1. The zero-order valence-corrected chi connectivity index (χ0v) is 15.3. The summed E-state index contributed by atoms with van der Waals surface area (Å²) < 4.78 is 5.59. The molecule has 1 amide bonds. The molecule has 1 rings (SSSR count). The number of ether oxygens (including phenoxy) is 1. The molecule has 7 nitrogen and oxygen atoms in total. The number of hydrogen-bond donors (Lipinski definition) is 3. The van der Waals surface area contributed by atoms with E-state index in [0.717, 1.165) is 12.0 Å². The molecule has 6 N–H and O–H groups in total. The van der Waals surface area contributed by atoms with Crippen LogP contribution in [0.2, 0.25) is 0 Å². The zero-order chi connectivity index (χ0) is 18.4. The van der Waals surface area contributed by atoms with Crippen molar-refractivity contribution in [3.63, 3.8) is 0 Å². The predicted molar refractivity (Wildman–Crippen MR) is 101 cm³/mol. The third kappa shape index (κ3) is 5.69. The molecular formula is C16H25N5O2S. The summed E-state index contributed by atoms with van der Waals surface area (Å²) in [6, 6.07) is 3.66. The lowest BCUT2D eigenvalue weighted by Crippen LogP contribution is -2.28. The van der Waals surface area contributed by atoms with Crippen molar-refractivity contribution < 1.29 is 9.53 Å². The minimum absolute atomic E-state index is 0.0774. The van der Waals surface area contributed by atoms with Crippen molar-refractivity contribution in [2.45, 2.75) is 20.3 Å². The zero-order valence-electron chi connectivity index (χ0n) is 14.5. The summed E-state index contributed by atoms with van der Waals surface area (Å²) in [5, 5.41) is -0.0774. The van der Waals surface area contributed by atoms with Gasteiger partial charge >= 0.3 is 0 Å². The molecule has 0 fully saturated rings. The number of nitrogens with zero attached hydrogens (tertiary/aromatic N) is 2. The van der Waals surface area contributed by atoms with Gasteiger partial charge in [-0.1, -0.05) is 13.8 Å². The highest BCUT2D eigenvalue weighted by Crippen LogP contribution is 2.29. The number of amidine groups is 1. The van der Waals surface area contributed by atoms with Gasteiger partial charge in [0.25, 0.3) is 5.91 Å². The molecule has 1 aromatic carbocycles. The SMILES string of the molecule is CC(C)Cc1cc(OCC(=O)N(C)C)c(N)c(/C(N)=N/C(N)=S)c1. The van der Waals surface area contributed by atoms with E-state index in [-0.39, 0.29) is 23.5 Å². The van der Waals surface area contributed by atoms with Crippen LogP contribution in [0.3, 0.4) is 0 Å². The Morgan fingerprint density at radius 2 is 1.96 bits per heavy atom. The normalized spacial score (nSPS) is 11.5. The summed E-state index contributed by atoms with van der Waals surface area (Å²) in [7, 11) is 3.31. The van der Waals surface area contributed by atoms with Gasteiger partial charge in [0.15, 0.2) is 11.7 Å². The highest BCUT2D eigenvalue weighted by Gasteiger charge is 2.15. The van der Waals surface area contributed by atoms with Gasteiger partial charge in [-0.25, -0.2) is 4.99 Å². The highest BCUT2D eigenvalue weighted by atomic mass is 32.1. The summed E-state index contributed by atoms with van der Waals surface area (Å²) in [4.78, 5) is 17.1. The van der Waals surface area contributed by atoms with E-state index in [0.29, 0.717) is 22.9 Å². The third-order valence-corrected chi connectivity index (χ3v) is 3.29. The summed E-state index contributed by atoms with van der Waals surface area (Å²) in [5.74, 6) is 0.760. The van der Waals surface area contributed by atoms with Gasteiger partial charge in [-0.15, -0.1) is 0 Å². The van der Waals surface area contributed by atoms with Crippen molar-refractivity contribution in [3.05, 3.63) is 23.3 Å². The van der Waals surface area contributed by atoms with Crippen molar-refractivity contribution >= 4 is 34.8 Å². The maximum atomic E-state index is 11.7. The van der Waals surface area contributed by atoms with Crippen LogP contribution < -0.4 is 21.9 Å². The molecule has 0 aliphatic heterocycles. The van der Waals surface area contributed by atoms with Gasteiger partial charge in [0, 0.05) is 19.7 Å². The minimum Gasteiger partial charge on any atom is -0.482 e. The first-order chi connectivity index (χ1) is 11.1. The van der Waals surface area contributed by atoms with Crippen LogP contribution in [0.25, 0.3) is 0 Å². The Bertz CT molecular complexity index is 656. The van der Waals surface area contributed by atoms with Crippen molar-refractivity contribution in [2.24, 2.45) is 22.4 Å². The molecule has 0 heterocycles. The molecule has 0 saturated heterocycles. The van der Waals surface area contributed by atoms with Crippen molar-refractivity contribution in [3.8, 4) is 5.75 Å². The van der Waals surface area contributed by atoms with Gasteiger partial charge < -0.3 is 26.8 Å². The van der Waals surface area contributed by atoms with E-state index in [1.807, 2.05) is 12.1 Å². The Morgan fingerprint density at radius 1 is 1.33 bits per heavy atom. The number of benzene rings is 1. The number of carbonyl (C=O) groups excluding carboxylic acids is 1. The number of rotatable bonds is 6. The van der Waals surface area contributed by atoms with Crippen LogP contribution in [-0.4, -0.2) is 42.5 Å². The second-order valence-electron chi connectivity index (χ2n) is 6.07. The first-order valence-corrected chi connectivity index (χ1v) is 7.92. The second kappa shape index (κ2) is 8.49. The maximum absolute atomic E-state index is 11.7. The van der Waals surface area contributed by atoms with E-state index in [1.165, 1.54) is 4.90 Å². The minimum atomic E-state index is -0.171. The lowest BCUT2D eigenvalue weighted by molar-refractivity contribution is -0.130. The van der Waals surface area contributed by atoms with E-state index < -0.39 is 0 Å². The molecule has 24 heavy (non-hydrogen) atoms. The highest BCUT2D eigenvalue weighted by molar-refractivity contribution is 7.80. The molecule has 1 aromatic rings. The Labute approximate surface area is 147 Å². The molecule has 0 aromatic heterocycles. The van der Waals surface area contributed by atoms with Crippen LogP contribution in [0.4, 0.5) is 5.69 Å². The Morgan fingerprint density at radius 3 is 2.46 bits per heavy atom. The average Bonchev–Trinajstić information content (AvgIpc) is 2.45. The first kappa shape index (κ1) is 19.7. The number of amides is 1. The average molecular weight is 351 g/mol. The van der Waals surface area contributed by atoms with Crippen molar-refractivity contribution in [2.75, 3.05) is 26.4 Å². The van der Waals surface area contributed by atoms with E-state index in [1.54, 1.807) is 14.1 Å². The molecule has 0 spiro atoms. The quantitative estimate of drug-likeness (QED) is 0.303. The van der Waals surface area contributed by atoms with E-state index >= 15 is 0 Å². The van der Waals surface area contributed by atoms with Gasteiger partial charge in [0.2, 0.25) is 0 Å². The molecule has 0 radical (unpaired) electrons. The summed E-state index contributed by atoms with van der Waals surface area (Å²) in [5.41, 5.74) is 19.2. The van der Waals surface area contributed by atoms with Gasteiger partial charge in [-0.3, -0.25) is 4.79 Å². The van der Waals surface area contributed by atoms with Crippen LogP contribution in [0.15, 0.2) is 17.1 Å². The molecule has 0 bridgehead atoms.